The van der Waals surface area contributed by atoms with E-state index in [4.69, 9.17) is 15.2 Å². The number of benzene rings is 1. The van der Waals surface area contributed by atoms with Crippen molar-refractivity contribution in [2.24, 2.45) is 5.73 Å². The van der Waals surface area contributed by atoms with E-state index in [1.54, 1.807) is 7.11 Å². The van der Waals surface area contributed by atoms with Gasteiger partial charge in [0, 0.05) is 19.0 Å². The Kier molecular flexibility index (Phi) is 6.46. The van der Waals surface area contributed by atoms with Crippen molar-refractivity contribution in [3.63, 3.8) is 0 Å². The molecule has 1 atom stereocenters. The Morgan fingerprint density at radius 3 is 2.68 bits per heavy atom. The Labute approximate surface area is 113 Å². The number of carbonyl (C=O) groups excluding carboxylic acids is 1. The van der Waals surface area contributed by atoms with E-state index in [-0.39, 0.29) is 12.5 Å². The molecule has 1 rings (SSSR count). The first-order valence-corrected chi connectivity index (χ1v) is 6.06. The van der Waals surface area contributed by atoms with Crippen molar-refractivity contribution in [3.05, 3.63) is 42.5 Å². The molecule has 0 radical (unpaired) electrons. The molecule has 0 saturated heterocycles. The summed E-state index contributed by atoms with van der Waals surface area (Å²) in [6.45, 7) is 4.54. The Morgan fingerprint density at radius 2 is 2.16 bits per heavy atom. The van der Waals surface area contributed by atoms with Crippen LogP contribution in [0, 0.1) is 0 Å². The molecular formula is C14H20N2O3. The predicted molar refractivity (Wildman–Crippen MR) is 74.3 cm³/mol. The molecular weight excluding hydrogens is 244 g/mol. The third kappa shape index (κ3) is 5.01. The predicted octanol–water partition coefficient (Wildman–Crippen LogP) is 1.65. The molecule has 0 aliphatic rings. The Bertz CT molecular complexity index is 404. The van der Waals surface area contributed by atoms with Crippen LogP contribution in [0.3, 0.4) is 0 Å². The molecule has 0 spiro atoms. The highest BCUT2D eigenvalue weighted by Gasteiger charge is 2.11. The third-order valence-corrected chi connectivity index (χ3v) is 2.70. The van der Waals surface area contributed by atoms with Gasteiger partial charge in [0.05, 0.1) is 7.11 Å². The highest BCUT2D eigenvalue weighted by molar-refractivity contribution is 5.67. The maximum Gasteiger partial charge on any atom is 0.407 e. The fourth-order valence-corrected chi connectivity index (χ4v) is 1.61. The SMILES string of the molecule is C=CCOC(=O)NC[C@@H](CN)c1ccc(OC)cc1. The summed E-state index contributed by atoms with van der Waals surface area (Å²) >= 11 is 0. The van der Waals surface area contributed by atoms with Crippen molar-refractivity contribution in [1.82, 2.24) is 5.32 Å². The zero-order chi connectivity index (χ0) is 14.1. The standard InChI is InChI=1S/C14H20N2O3/c1-3-8-19-14(17)16-10-12(9-15)11-4-6-13(18-2)7-5-11/h3-7,12H,1,8-10,15H2,2H3,(H,16,17)/t12-/m1/s1. The Morgan fingerprint density at radius 1 is 1.47 bits per heavy atom. The Hall–Kier alpha value is -2.01. The summed E-state index contributed by atoms with van der Waals surface area (Å²) in [6.07, 6.45) is 1.05. The lowest BCUT2D eigenvalue weighted by Gasteiger charge is -2.16. The average Bonchev–Trinajstić information content (AvgIpc) is 2.46. The minimum Gasteiger partial charge on any atom is -0.497 e. The van der Waals surface area contributed by atoms with Crippen LogP contribution in [0.15, 0.2) is 36.9 Å². The van der Waals surface area contributed by atoms with Crippen molar-refractivity contribution in [1.29, 1.82) is 0 Å². The highest BCUT2D eigenvalue weighted by atomic mass is 16.5. The first-order chi connectivity index (χ1) is 9.21. The molecule has 0 bridgehead atoms. The van der Waals surface area contributed by atoms with Gasteiger partial charge >= 0.3 is 6.09 Å². The fourth-order valence-electron chi connectivity index (χ4n) is 1.61. The number of amides is 1. The number of ether oxygens (including phenoxy) is 2. The molecule has 0 heterocycles. The van der Waals surface area contributed by atoms with E-state index >= 15 is 0 Å². The van der Waals surface area contributed by atoms with Crippen LogP contribution >= 0.6 is 0 Å². The van der Waals surface area contributed by atoms with E-state index < -0.39 is 6.09 Å². The molecule has 104 valence electrons. The molecule has 1 amide bonds. The molecule has 5 heteroatoms. The zero-order valence-corrected chi connectivity index (χ0v) is 11.1. The van der Waals surface area contributed by atoms with Gasteiger partial charge in [-0.25, -0.2) is 4.79 Å². The second-order valence-corrected chi connectivity index (χ2v) is 3.97. The summed E-state index contributed by atoms with van der Waals surface area (Å²) in [5, 5.41) is 2.68. The van der Waals surface area contributed by atoms with Gasteiger partial charge in [0.25, 0.3) is 0 Å². The lowest BCUT2D eigenvalue weighted by molar-refractivity contribution is 0.157. The van der Waals surface area contributed by atoms with Crippen LogP contribution in [0.5, 0.6) is 5.75 Å². The van der Waals surface area contributed by atoms with Gasteiger partial charge in [0.15, 0.2) is 0 Å². The van der Waals surface area contributed by atoms with Gasteiger partial charge in [-0.2, -0.15) is 0 Å². The summed E-state index contributed by atoms with van der Waals surface area (Å²) in [6, 6.07) is 7.61. The van der Waals surface area contributed by atoms with E-state index in [1.165, 1.54) is 6.08 Å². The lowest BCUT2D eigenvalue weighted by atomic mass is 9.99. The first-order valence-electron chi connectivity index (χ1n) is 6.06. The number of rotatable bonds is 7. The smallest absolute Gasteiger partial charge is 0.407 e. The number of nitrogens with two attached hydrogens (primary N) is 1. The van der Waals surface area contributed by atoms with E-state index in [0.717, 1.165) is 11.3 Å². The van der Waals surface area contributed by atoms with Gasteiger partial charge in [-0.05, 0) is 17.7 Å². The van der Waals surface area contributed by atoms with Crippen LogP contribution < -0.4 is 15.8 Å². The Balaban J connectivity index is 2.52. The molecule has 0 fully saturated rings. The molecule has 0 saturated carbocycles. The molecule has 0 aromatic heterocycles. The van der Waals surface area contributed by atoms with Crippen LogP contribution in [0.25, 0.3) is 0 Å². The summed E-state index contributed by atoms with van der Waals surface area (Å²) in [5.41, 5.74) is 6.77. The summed E-state index contributed by atoms with van der Waals surface area (Å²) in [7, 11) is 1.62. The topological polar surface area (TPSA) is 73.6 Å². The lowest BCUT2D eigenvalue weighted by Crippen LogP contribution is -2.32. The van der Waals surface area contributed by atoms with E-state index in [9.17, 15) is 4.79 Å². The van der Waals surface area contributed by atoms with Crippen molar-refractivity contribution < 1.29 is 14.3 Å². The largest absolute Gasteiger partial charge is 0.497 e. The monoisotopic (exact) mass is 264 g/mol. The quantitative estimate of drug-likeness (QED) is 0.734. The number of hydrogen-bond donors (Lipinski definition) is 2. The van der Waals surface area contributed by atoms with Crippen LogP contribution in [0.1, 0.15) is 11.5 Å². The minimum absolute atomic E-state index is 0.0437. The second-order valence-electron chi connectivity index (χ2n) is 3.97. The van der Waals surface area contributed by atoms with Crippen LogP contribution in [-0.2, 0) is 4.74 Å². The van der Waals surface area contributed by atoms with Crippen LogP contribution in [0.4, 0.5) is 4.79 Å². The van der Waals surface area contributed by atoms with Crippen molar-refractivity contribution in [2.75, 3.05) is 26.8 Å². The normalized spacial score (nSPS) is 11.5. The number of nitrogens with one attached hydrogen (secondary N) is 1. The van der Waals surface area contributed by atoms with Gasteiger partial charge in [-0.1, -0.05) is 24.8 Å². The van der Waals surface area contributed by atoms with Gasteiger partial charge in [0.1, 0.15) is 12.4 Å². The van der Waals surface area contributed by atoms with Crippen molar-refractivity contribution in [3.8, 4) is 5.75 Å². The van der Waals surface area contributed by atoms with E-state index in [1.807, 2.05) is 24.3 Å². The summed E-state index contributed by atoms with van der Waals surface area (Å²) in [5.74, 6) is 0.833. The molecule has 0 aliphatic heterocycles. The maximum absolute atomic E-state index is 11.3. The van der Waals surface area contributed by atoms with Crippen molar-refractivity contribution >= 4 is 6.09 Å². The van der Waals surface area contributed by atoms with Gasteiger partial charge in [-0.15, -0.1) is 0 Å². The molecule has 0 aliphatic carbocycles. The van der Waals surface area contributed by atoms with E-state index in [0.29, 0.717) is 13.1 Å². The minimum atomic E-state index is -0.466. The second kappa shape index (κ2) is 8.16. The molecule has 1 aromatic carbocycles. The van der Waals surface area contributed by atoms with Gasteiger partial charge in [0.2, 0.25) is 0 Å². The van der Waals surface area contributed by atoms with Crippen LogP contribution in [0.2, 0.25) is 0 Å². The first kappa shape index (κ1) is 15.0. The van der Waals surface area contributed by atoms with Crippen molar-refractivity contribution in [2.45, 2.75) is 5.92 Å². The molecule has 19 heavy (non-hydrogen) atoms. The fraction of sp³-hybridized carbons (Fsp3) is 0.357. The van der Waals surface area contributed by atoms with Crippen LogP contribution in [-0.4, -0.2) is 32.9 Å². The van der Waals surface area contributed by atoms with Gasteiger partial charge in [-0.3, -0.25) is 0 Å². The summed E-state index contributed by atoms with van der Waals surface area (Å²) < 4.78 is 9.92. The third-order valence-electron chi connectivity index (χ3n) is 2.70. The number of methoxy groups -OCH3 is 1. The highest BCUT2D eigenvalue weighted by Crippen LogP contribution is 2.18. The van der Waals surface area contributed by atoms with E-state index in [2.05, 4.69) is 11.9 Å². The average molecular weight is 264 g/mol. The summed E-state index contributed by atoms with van der Waals surface area (Å²) in [4.78, 5) is 11.3. The number of hydrogen-bond acceptors (Lipinski definition) is 4. The molecule has 3 N–H and O–H groups in total. The molecule has 0 unspecified atom stereocenters. The number of alkyl carbamates (subject to hydrolysis) is 1. The molecule has 5 nitrogen and oxygen atoms in total. The van der Waals surface area contributed by atoms with Gasteiger partial charge < -0.3 is 20.5 Å². The molecule has 1 aromatic rings. The number of carbonyl (C=O) groups is 1. The zero-order valence-electron chi connectivity index (χ0n) is 11.1. The maximum atomic E-state index is 11.3.